The molecule has 1 heterocycles. The second-order valence-electron chi connectivity index (χ2n) is 4.41. The average molecular weight is 360 g/mol. The molecule has 0 atom stereocenters. The Kier molecular flexibility index (Phi) is 3.84. The fourth-order valence-corrected chi connectivity index (χ4v) is 2.36. The van der Waals surface area contributed by atoms with E-state index in [1.54, 1.807) is 6.07 Å². The fraction of sp³-hybridized carbons (Fsp3) is 0. The SMILES string of the molecule is O=c1nc(N/N=C/c2c(O)ccc3cc(Br)ccc23)cn[nH]1. The molecule has 8 heteroatoms. The van der Waals surface area contributed by atoms with Crippen molar-refractivity contribution in [1.82, 2.24) is 15.2 Å². The first-order chi connectivity index (χ1) is 10.6. The first kappa shape index (κ1) is 14.2. The molecule has 1 aromatic heterocycles. The van der Waals surface area contributed by atoms with Crippen molar-refractivity contribution >= 4 is 38.7 Å². The molecule has 0 bridgehead atoms. The Bertz CT molecular complexity index is 922. The van der Waals surface area contributed by atoms with Crippen LogP contribution in [0.3, 0.4) is 0 Å². The Morgan fingerprint density at radius 1 is 1.32 bits per heavy atom. The van der Waals surface area contributed by atoms with Crippen LogP contribution in [0, 0.1) is 0 Å². The Labute approximate surface area is 132 Å². The van der Waals surface area contributed by atoms with Crippen molar-refractivity contribution in [3.05, 3.63) is 57.0 Å². The molecule has 2 aromatic carbocycles. The van der Waals surface area contributed by atoms with Gasteiger partial charge in [0, 0.05) is 10.0 Å². The zero-order chi connectivity index (χ0) is 15.5. The lowest BCUT2D eigenvalue weighted by molar-refractivity contribution is 0.475. The molecule has 3 N–H and O–H groups in total. The summed E-state index contributed by atoms with van der Waals surface area (Å²) in [4.78, 5) is 14.7. The van der Waals surface area contributed by atoms with E-state index in [1.165, 1.54) is 12.4 Å². The van der Waals surface area contributed by atoms with E-state index in [0.29, 0.717) is 5.56 Å². The second kappa shape index (κ2) is 5.94. The number of hydrazone groups is 1. The van der Waals surface area contributed by atoms with Crippen LogP contribution in [0.5, 0.6) is 5.75 Å². The van der Waals surface area contributed by atoms with Gasteiger partial charge in [0.05, 0.1) is 12.4 Å². The van der Waals surface area contributed by atoms with Crippen molar-refractivity contribution in [3.8, 4) is 5.75 Å². The molecular weight excluding hydrogens is 350 g/mol. The molecule has 0 amide bonds. The first-order valence-corrected chi connectivity index (χ1v) is 7.05. The van der Waals surface area contributed by atoms with E-state index in [0.717, 1.165) is 15.2 Å². The number of nitrogens with zero attached hydrogens (tertiary/aromatic N) is 3. The molecule has 0 aliphatic rings. The molecule has 3 aromatic rings. The molecule has 7 nitrogen and oxygen atoms in total. The van der Waals surface area contributed by atoms with Crippen LogP contribution < -0.4 is 11.1 Å². The standard InChI is InChI=1S/C14H10BrN5O2/c15-9-2-3-10-8(5-9)1-4-12(21)11(10)6-16-19-13-7-17-20-14(22)18-13/h1-7,21H,(H2,18,19,20,22)/b16-6+. The van der Waals surface area contributed by atoms with Gasteiger partial charge in [-0.3, -0.25) is 5.43 Å². The zero-order valence-electron chi connectivity index (χ0n) is 11.1. The largest absolute Gasteiger partial charge is 0.507 e. The Hall–Kier alpha value is -2.74. The lowest BCUT2D eigenvalue weighted by Crippen LogP contribution is -2.13. The number of hydrogen-bond donors (Lipinski definition) is 3. The minimum absolute atomic E-state index is 0.109. The van der Waals surface area contributed by atoms with Crippen LogP contribution in [-0.4, -0.2) is 26.5 Å². The predicted octanol–water partition coefficient (Wildman–Crippen LogP) is 2.23. The smallest absolute Gasteiger partial charge is 0.363 e. The summed E-state index contributed by atoms with van der Waals surface area (Å²) in [5.74, 6) is 0.319. The molecule has 110 valence electrons. The molecule has 0 unspecified atom stereocenters. The molecular formula is C14H10BrN5O2. The highest BCUT2D eigenvalue weighted by Crippen LogP contribution is 2.28. The monoisotopic (exact) mass is 359 g/mol. The number of hydrogen-bond acceptors (Lipinski definition) is 6. The number of nitrogens with one attached hydrogen (secondary N) is 2. The highest BCUT2D eigenvalue weighted by molar-refractivity contribution is 9.10. The van der Waals surface area contributed by atoms with Gasteiger partial charge in [-0.25, -0.2) is 9.89 Å². The number of phenols is 1. The third-order valence-electron chi connectivity index (χ3n) is 2.94. The van der Waals surface area contributed by atoms with Crippen molar-refractivity contribution < 1.29 is 5.11 Å². The van der Waals surface area contributed by atoms with Crippen molar-refractivity contribution in [1.29, 1.82) is 0 Å². The number of halogens is 1. The molecule has 22 heavy (non-hydrogen) atoms. The molecule has 0 aliphatic heterocycles. The summed E-state index contributed by atoms with van der Waals surface area (Å²) in [5.41, 5.74) is 2.59. The van der Waals surface area contributed by atoms with Crippen LogP contribution in [0.25, 0.3) is 10.8 Å². The van der Waals surface area contributed by atoms with E-state index in [2.05, 4.69) is 41.6 Å². The van der Waals surface area contributed by atoms with Gasteiger partial charge in [-0.05, 0) is 29.0 Å². The number of aromatic amines is 1. The summed E-state index contributed by atoms with van der Waals surface area (Å²) < 4.78 is 0.950. The predicted molar refractivity (Wildman–Crippen MR) is 87.2 cm³/mol. The van der Waals surface area contributed by atoms with Gasteiger partial charge in [0.15, 0.2) is 5.82 Å². The van der Waals surface area contributed by atoms with E-state index in [4.69, 9.17) is 0 Å². The number of rotatable bonds is 3. The van der Waals surface area contributed by atoms with Gasteiger partial charge in [-0.15, -0.1) is 0 Å². The third kappa shape index (κ3) is 2.96. The minimum atomic E-state index is -0.571. The summed E-state index contributed by atoms with van der Waals surface area (Å²) in [6.07, 6.45) is 2.80. The summed E-state index contributed by atoms with van der Waals surface area (Å²) in [5, 5.41) is 21.6. The molecule has 3 rings (SSSR count). The van der Waals surface area contributed by atoms with Crippen LogP contribution in [0.2, 0.25) is 0 Å². The molecule has 0 aliphatic carbocycles. The second-order valence-corrected chi connectivity index (χ2v) is 5.32. The number of benzene rings is 2. The maximum atomic E-state index is 11.0. The maximum Gasteiger partial charge on any atom is 0.363 e. The van der Waals surface area contributed by atoms with E-state index in [1.807, 2.05) is 24.3 Å². The lowest BCUT2D eigenvalue weighted by atomic mass is 10.0. The number of H-pyrrole nitrogens is 1. The molecule has 0 saturated carbocycles. The van der Waals surface area contributed by atoms with Crippen molar-refractivity contribution in [3.63, 3.8) is 0 Å². The maximum absolute atomic E-state index is 11.0. The number of anilines is 1. The highest BCUT2D eigenvalue weighted by Gasteiger charge is 2.05. The van der Waals surface area contributed by atoms with Gasteiger partial charge in [0.25, 0.3) is 0 Å². The van der Waals surface area contributed by atoms with Crippen LogP contribution in [-0.2, 0) is 0 Å². The Morgan fingerprint density at radius 2 is 2.18 bits per heavy atom. The van der Waals surface area contributed by atoms with Gasteiger partial charge < -0.3 is 5.11 Å². The normalized spacial score (nSPS) is 11.1. The molecule has 0 fully saturated rings. The quantitative estimate of drug-likeness (QED) is 0.491. The lowest BCUT2D eigenvalue weighted by Gasteiger charge is -2.05. The number of aromatic nitrogens is 3. The summed E-state index contributed by atoms with van der Waals surface area (Å²) in [6.45, 7) is 0. The Morgan fingerprint density at radius 3 is 3.00 bits per heavy atom. The number of fused-ring (bicyclic) bond motifs is 1. The molecule has 0 radical (unpaired) electrons. The van der Waals surface area contributed by atoms with Crippen molar-refractivity contribution in [2.24, 2.45) is 5.10 Å². The van der Waals surface area contributed by atoms with Crippen LogP contribution in [0.1, 0.15) is 5.56 Å². The van der Waals surface area contributed by atoms with Gasteiger partial charge in [0.1, 0.15) is 5.75 Å². The number of phenolic OH excluding ortho intramolecular Hbond substituents is 1. The van der Waals surface area contributed by atoms with Crippen LogP contribution in [0.4, 0.5) is 5.82 Å². The zero-order valence-corrected chi connectivity index (χ0v) is 12.7. The van der Waals surface area contributed by atoms with Gasteiger partial charge in [-0.2, -0.15) is 15.2 Å². The van der Waals surface area contributed by atoms with E-state index >= 15 is 0 Å². The molecule has 0 saturated heterocycles. The Balaban J connectivity index is 1.94. The summed E-state index contributed by atoms with van der Waals surface area (Å²) in [6, 6.07) is 9.13. The van der Waals surface area contributed by atoms with Crippen molar-refractivity contribution in [2.45, 2.75) is 0 Å². The highest BCUT2D eigenvalue weighted by atomic mass is 79.9. The number of aromatic hydroxyl groups is 1. The van der Waals surface area contributed by atoms with Gasteiger partial charge in [0.2, 0.25) is 0 Å². The molecule has 0 spiro atoms. The fourth-order valence-electron chi connectivity index (χ4n) is 1.98. The third-order valence-corrected chi connectivity index (χ3v) is 3.44. The van der Waals surface area contributed by atoms with Gasteiger partial charge >= 0.3 is 5.69 Å². The average Bonchev–Trinajstić information content (AvgIpc) is 2.49. The first-order valence-electron chi connectivity index (χ1n) is 6.25. The van der Waals surface area contributed by atoms with E-state index in [9.17, 15) is 9.90 Å². The van der Waals surface area contributed by atoms with Crippen molar-refractivity contribution in [2.75, 3.05) is 5.43 Å². The van der Waals surface area contributed by atoms with Crippen LogP contribution in [0.15, 0.2) is 50.9 Å². The topological polar surface area (TPSA) is 103 Å². The van der Waals surface area contributed by atoms with Crippen LogP contribution >= 0.6 is 15.9 Å². The summed E-state index contributed by atoms with van der Waals surface area (Å²) in [7, 11) is 0. The van der Waals surface area contributed by atoms with Gasteiger partial charge in [-0.1, -0.05) is 28.1 Å². The van der Waals surface area contributed by atoms with E-state index < -0.39 is 5.69 Å². The van der Waals surface area contributed by atoms with E-state index in [-0.39, 0.29) is 11.6 Å². The minimum Gasteiger partial charge on any atom is -0.507 e. The summed E-state index contributed by atoms with van der Waals surface area (Å²) >= 11 is 3.41.